The van der Waals surface area contributed by atoms with Gasteiger partial charge >= 0.3 is 5.97 Å². The molecule has 0 aliphatic heterocycles. The number of hydrogen-bond acceptors (Lipinski definition) is 2. The van der Waals surface area contributed by atoms with Crippen molar-refractivity contribution in [1.29, 1.82) is 0 Å². The predicted octanol–water partition coefficient (Wildman–Crippen LogP) is 3.10. The summed E-state index contributed by atoms with van der Waals surface area (Å²) in [6.07, 6.45) is 0. The minimum absolute atomic E-state index is 0. The summed E-state index contributed by atoms with van der Waals surface area (Å²) >= 11 is 0. The van der Waals surface area contributed by atoms with Crippen molar-refractivity contribution in [2.75, 3.05) is 0 Å². The SMILES string of the molecule is Cl.O=C(O)c1ccc(CNCc2ccccc2)cc1. The number of aromatic carboxylic acids is 1. The molecular weight excluding hydrogens is 262 g/mol. The highest BCUT2D eigenvalue weighted by molar-refractivity contribution is 5.87. The monoisotopic (exact) mass is 277 g/mol. The van der Waals surface area contributed by atoms with E-state index in [2.05, 4.69) is 17.4 Å². The second-order valence-corrected chi connectivity index (χ2v) is 4.09. The van der Waals surface area contributed by atoms with Crippen LogP contribution in [0.1, 0.15) is 21.5 Å². The van der Waals surface area contributed by atoms with E-state index in [1.54, 1.807) is 12.1 Å². The molecule has 0 saturated carbocycles. The van der Waals surface area contributed by atoms with Crippen molar-refractivity contribution >= 4 is 18.4 Å². The third-order valence-electron chi connectivity index (χ3n) is 2.70. The van der Waals surface area contributed by atoms with Crippen LogP contribution in [0.25, 0.3) is 0 Å². The third-order valence-corrected chi connectivity index (χ3v) is 2.70. The summed E-state index contributed by atoms with van der Waals surface area (Å²) in [5.74, 6) is -0.890. The Labute approximate surface area is 118 Å². The highest BCUT2D eigenvalue weighted by atomic mass is 35.5. The van der Waals surface area contributed by atoms with E-state index in [0.717, 1.165) is 18.7 Å². The van der Waals surface area contributed by atoms with Crippen molar-refractivity contribution < 1.29 is 9.90 Å². The van der Waals surface area contributed by atoms with Crippen molar-refractivity contribution in [2.45, 2.75) is 13.1 Å². The van der Waals surface area contributed by atoms with Crippen molar-refractivity contribution in [1.82, 2.24) is 5.32 Å². The van der Waals surface area contributed by atoms with E-state index in [-0.39, 0.29) is 12.4 Å². The van der Waals surface area contributed by atoms with Crippen LogP contribution in [0.5, 0.6) is 0 Å². The Kier molecular flexibility index (Phi) is 6.06. The molecule has 0 fully saturated rings. The van der Waals surface area contributed by atoms with Crippen LogP contribution in [0.15, 0.2) is 54.6 Å². The van der Waals surface area contributed by atoms with Crippen LogP contribution >= 0.6 is 12.4 Å². The molecule has 0 radical (unpaired) electrons. The van der Waals surface area contributed by atoms with Gasteiger partial charge in [-0.3, -0.25) is 0 Å². The van der Waals surface area contributed by atoms with E-state index in [1.165, 1.54) is 5.56 Å². The summed E-state index contributed by atoms with van der Waals surface area (Å²) in [6.45, 7) is 1.54. The van der Waals surface area contributed by atoms with Crippen LogP contribution in [-0.4, -0.2) is 11.1 Å². The van der Waals surface area contributed by atoms with Gasteiger partial charge in [-0.2, -0.15) is 0 Å². The van der Waals surface area contributed by atoms with E-state index >= 15 is 0 Å². The molecule has 3 nitrogen and oxygen atoms in total. The highest BCUT2D eigenvalue weighted by Crippen LogP contribution is 2.05. The molecular formula is C15H16ClNO2. The Balaban J connectivity index is 0.00000180. The van der Waals surface area contributed by atoms with Crippen molar-refractivity contribution in [3.8, 4) is 0 Å². The van der Waals surface area contributed by atoms with Crippen LogP contribution < -0.4 is 5.32 Å². The molecule has 0 aliphatic rings. The molecule has 0 atom stereocenters. The lowest BCUT2D eigenvalue weighted by Gasteiger charge is -2.05. The molecule has 0 spiro atoms. The first-order chi connectivity index (χ1) is 8.75. The molecule has 0 heterocycles. The number of halogens is 1. The molecule has 0 bridgehead atoms. The highest BCUT2D eigenvalue weighted by Gasteiger charge is 2.01. The molecule has 100 valence electrons. The van der Waals surface area contributed by atoms with Gasteiger partial charge < -0.3 is 10.4 Å². The summed E-state index contributed by atoms with van der Waals surface area (Å²) in [6, 6.07) is 17.1. The maximum absolute atomic E-state index is 10.7. The zero-order valence-electron chi connectivity index (χ0n) is 10.4. The fourth-order valence-electron chi connectivity index (χ4n) is 1.71. The largest absolute Gasteiger partial charge is 0.478 e. The average Bonchev–Trinajstić information content (AvgIpc) is 2.40. The topological polar surface area (TPSA) is 49.3 Å². The van der Waals surface area contributed by atoms with Gasteiger partial charge in [-0.15, -0.1) is 12.4 Å². The van der Waals surface area contributed by atoms with E-state index in [0.29, 0.717) is 5.56 Å². The van der Waals surface area contributed by atoms with Gasteiger partial charge in [0, 0.05) is 13.1 Å². The van der Waals surface area contributed by atoms with Crippen LogP contribution in [0.4, 0.5) is 0 Å². The van der Waals surface area contributed by atoms with Crippen molar-refractivity contribution in [3.63, 3.8) is 0 Å². The smallest absolute Gasteiger partial charge is 0.335 e. The Bertz CT molecular complexity index is 511. The Morgan fingerprint density at radius 3 is 1.95 bits per heavy atom. The van der Waals surface area contributed by atoms with Gasteiger partial charge in [-0.1, -0.05) is 42.5 Å². The molecule has 0 aliphatic carbocycles. The molecule has 19 heavy (non-hydrogen) atoms. The van der Waals surface area contributed by atoms with Gasteiger partial charge in [0.05, 0.1) is 5.56 Å². The Morgan fingerprint density at radius 2 is 1.42 bits per heavy atom. The molecule has 2 aromatic rings. The number of rotatable bonds is 5. The summed E-state index contributed by atoms with van der Waals surface area (Å²) in [4.78, 5) is 10.7. The number of carboxylic acid groups (broad SMARTS) is 1. The molecule has 0 aromatic heterocycles. The number of nitrogens with one attached hydrogen (secondary N) is 1. The lowest BCUT2D eigenvalue weighted by molar-refractivity contribution is 0.0697. The van der Waals surface area contributed by atoms with E-state index in [9.17, 15) is 4.79 Å². The number of hydrogen-bond donors (Lipinski definition) is 2. The van der Waals surface area contributed by atoms with Crippen molar-refractivity contribution in [3.05, 3.63) is 71.3 Å². The second kappa shape index (κ2) is 7.56. The van der Waals surface area contributed by atoms with Gasteiger partial charge in [0.2, 0.25) is 0 Å². The lowest BCUT2D eigenvalue weighted by Crippen LogP contribution is -2.12. The molecule has 0 amide bonds. The van der Waals surface area contributed by atoms with Gasteiger partial charge in [-0.05, 0) is 23.3 Å². The van der Waals surface area contributed by atoms with Crippen LogP contribution in [0.2, 0.25) is 0 Å². The maximum atomic E-state index is 10.7. The quantitative estimate of drug-likeness (QED) is 0.883. The lowest BCUT2D eigenvalue weighted by atomic mass is 10.1. The van der Waals surface area contributed by atoms with Gasteiger partial charge in [0.25, 0.3) is 0 Å². The predicted molar refractivity (Wildman–Crippen MR) is 77.6 cm³/mol. The van der Waals surface area contributed by atoms with Crippen molar-refractivity contribution in [2.24, 2.45) is 0 Å². The van der Waals surface area contributed by atoms with Gasteiger partial charge in [0.15, 0.2) is 0 Å². The minimum atomic E-state index is -0.890. The molecule has 2 rings (SSSR count). The summed E-state index contributed by atoms with van der Waals surface area (Å²) in [5, 5.41) is 12.1. The number of carbonyl (C=O) groups is 1. The van der Waals surface area contributed by atoms with Gasteiger partial charge in [-0.25, -0.2) is 4.79 Å². The standard InChI is InChI=1S/C15H15NO2.ClH/c17-15(18)14-8-6-13(7-9-14)11-16-10-12-4-2-1-3-5-12;/h1-9,16H,10-11H2,(H,17,18);1H. The summed E-state index contributed by atoms with van der Waals surface area (Å²) < 4.78 is 0. The fraction of sp³-hybridized carbons (Fsp3) is 0.133. The number of carboxylic acids is 1. The Hall–Kier alpha value is -1.84. The third kappa shape index (κ3) is 4.73. The zero-order valence-corrected chi connectivity index (χ0v) is 11.2. The molecule has 4 heteroatoms. The molecule has 0 unspecified atom stereocenters. The summed E-state index contributed by atoms with van der Waals surface area (Å²) in [7, 11) is 0. The van der Waals surface area contributed by atoms with Crippen LogP contribution in [0.3, 0.4) is 0 Å². The Morgan fingerprint density at radius 1 is 0.895 bits per heavy atom. The summed E-state index contributed by atoms with van der Waals surface area (Å²) in [5.41, 5.74) is 2.64. The normalized spacial score (nSPS) is 9.68. The second-order valence-electron chi connectivity index (χ2n) is 4.09. The number of benzene rings is 2. The van der Waals surface area contributed by atoms with Crippen LogP contribution in [0, 0.1) is 0 Å². The van der Waals surface area contributed by atoms with E-state index in [4.69, 9.17) is 5.11 Å². The molecule has 2 N–H and O–H groups in total. The fourth-order valence-corrected chi connectivity index (χ4v) is 1.71. The van der Waals surface area contributed by atoms with E-state index < -0.39 is 5.97 Å². The average molecular weight is 278 g/mol. The molecule has 2 aromatic carbocycles. The molecule has 0 saturated heterocycles. The maximum Gasteiger partial charge on any atom is 0.335 e. The van der Waals surface area contributed by atoms with E-state index in [1.807, 2.05) is 30.3 Å². The first-order valence-electron chi connectivity index (χ1n) is 5.82. The van der Waals surface area contributed by atoms with Gasteiger partial charge in [0.1, 0.15) is 0 Å². The zero-order chi connectivity index (χ0) is 12.8. The first-order valence-corrected chi connectivity index (χ1v) is 5.82. The minimum Gasteiger partial charge on any atom is -0.478 e. The van der Waals surface area contributed by atoms with Crippen LogP contribution in [-0.2, 0) is 13.1 Å². The first kappa shape index (κ1) is 15.2.